The van der Waals surface area contributed by atoms with Crippen molar-refractivity contribution in [2.24, 2.45) is 5.41 Å². The van der Waals surface area contributed by atoms with E-state index in [9.17, 15) is 10.2 Å². The number of nitrogens with one attached hydrogen (secondary N) is 1. The molecule has 1 atom stereocenters. The smallest absolute Gasteiger partial charge is 0.120 e. The van der Waals surface area contributed by atoms with Crippen LogP contribution in [0.2, 0.25) is 0 Å². The Labute approximate surface area is 103 Å². The summed E-state index contributed by atoms with van der Waals surface area (Å²) in [7, 11) is 0. The van der Waals surface area contributed by atoms with Gasteiger partial charge in [-0.1, -0.05) is 39.0 Å². The Kier molecular flexibility index (Phi) is 4.97. The highest BCUT2D eigenvalue weighted by Crippen LogP contribution is 2.21. The normalized spacial score (nSPS) is 13.6. The predicted octanol–water partition coefficient (Wildman–Crippen LogP) is 2.28. The summed E-state index contributed by atoms with van der Waals surface area (Å²) in [6.07, 6.45) is 0.900. The lowest BCUT2D eigenvalue weighted by Gasteiger charge is -2.25. The van der Waals surface area contributed by atoms with Crippen LogP contribution in [0.5, 0.6) is 5.75 Å². The van der Waals surface area contributed by atoms with Gasteiger partial charge in [0.1, 0.15) is 5.75 Å². The number of hydrogen-bond acceptors (Lipinski definition) is 3. The number of aromatic hydroxyl groups is 1. The molecule has 0 aromatic heterocycles. The maximum atomic E-state index is 9.63. The molecule has 0 bridgehead atoms. The molecule has 1 unspecified atom stereocenters. The van der Waals surface area contributed by atoms with Gasteiger partial charge in [-0.15, -0.1) is 0 Å². The maximum Gasteiger partial charge on any atom is 0.120 e. The molecule has 0 amide bonds. The second-order valence-corrected chi connectivity index (χ2v) is 5.65. The number of phenolic OH excluding ortho intramolecular Hbond substituents is 1. The van der Waals surface area contributed by atoms with Crippen LogP contribution < -0.4 is 5.32 Å². The Balaban J connectivity index is 2.51. The third-order valence-electron chi connectivity index (χ3n) is 2.65. The van der Waals surface area contributed by atoms with Gasteiger partial charge in [-0.25, -0.2) is 0 Å². The van der Waals surface area contributed by atoms with Crippen molar-refractivity contribution in [2.75, 3.05) is 6.61 Å². The molecule has 0 fully saturated rings. The summed E-state index contributed by atoms with van der Waals surface area (Å²) in [6.45, 7) is 7.14. The Bertz CT molecular complexity index is 344. The summed E-state index contributed by atoms with van der Waals surface area (Å²) in [6, 6.07) is 7.32. The summed E-state index contributed by atoms with van der Waals surface area (Å²) < 4.78 is 0. The van der Waals surface area contributed by atoms with Gasteiger partial charge in [0.05, 0.1) is 6.61 Å². The van der Waals surface area contributed by atoms with Crippen LogP contribution >= 0.6 is 0 Å². The average molecular weight is 237 g/mol. The highest BCUT2D eigenvalue weighted by atomic mass is 16.3. The van der Waals surface area contributed by atoms with E-state index in [1.54, 1.807) is 12.1 Å². The zero-order valence-electron chi connectivity index (χ0n) is 10.9. The van der Waals surface area contributed by atoms with Gasteiger partial charge in [0.15, 0.2) is 0 Å². The average Bonchev–Trinajstić information content (AvgIpc) is 2.24. The molecule has 3 nitrogen and oxygen atoms in total. The van der Waals surface area contributed by atoms with Crippen LogP contribution in [-0.2, 0) is 6.54 Å². The lowest BCUT2D eigenvalue weighted by Crippen LogP contribution is -2.35. The lowest BCUT2D eigenvalue weighted by atomic mass is 9.88. The summed E-state index contributed by atoms with van der Waals surface area (Å²) in [5.41, 5.74) is 1.04. The molecule has 1 rings (SSSR count). The molecular weight excluding hydrogens is 214 g/mol. The second-order valence-electron chi connectivity index (χ2n) is 5.65. The molecule has 96 valence electrons. The molecule has 0 saturated carbocycles. The summed E-state index contributed by atoms with van der Waals surface area (Å²) in [5.74, 6) is 0.299. The Morgan fingerprint density at radius 3 is 2.41 bits per heavy atom. The van der Waals surface area contributed by atoms with Crippen molar-refractivity contribution in [1.29, 1.82) is 0 Å². The van der Waals surface area contributed by atoms with E-state index in [1.165, 1.54) is 0 Å². The van der Waals surface area contributed by atoms with E-state index in [2.05, 4.69) is 26.1 Å². The molecule has 0 radical (unpaired) electrons. The third-order valence-corrected chi connectivity index (χ3v) is 2.65. The number of aliphatic hydroxyl groups excluding tert-OH is 1. The van der Waals surface area contributed by atoms with E-state index in [1.807, 2.05) is 12.1 Å². The van der Waals surface area contributed by atoms with Crippen LogP contribution in [0, 0.1) is 5.41 Å². The molecule has 1 aromatic rings. The van der Waals surface area contributed by atoms with Crippen molar-refractivity contribution in [1.82, 2.24) is 5.32 Å². The van der Waals surface area contributed by atoms with Crippen LogP contribution in [0.15, 0.2) is 24.3 Å². The molecule has 0 aliphatic rings. The van der Waals surface area contributed by atoms with Gasteiger partial charge < -0.3 is 15.5 Å². The SMILES string of the molecule is CC(C)(C)CC(CO)NCc1ccccc1O. The fraction of sp³-hybridized carbons (Fsp3) is 0.571. The predicted molar refractivity (Wildman–Crippen MR) is 69.9 cm³/mol. The van der Waals surface area contributed by atoms with Gasteiger partial charge in [0.25, 0.3) is 0 Å². The quantitative estimate of drug-likeness (QED) is 0.736. The van der Waals surface area contributed by atoms with E-state index >= 15 is 0 Å². The number of aliphatic hydroxyl groups is 1. The topological polar surface area (TPSA) is 52.5 Å². The van der Waals surface area contributed by atoms with Crippen LogP contribution in [0.25, 0.3) is 0 Å². The summed E-state index contributed by atoms with van der Waals surface area (Å²) >= 11 is 0. The highest BCUT2D eigenvalue weighted by Gasteiger charge is 2.17. The fourth-order valence-electron chi connectivity index (χ4n) is 1.86. The van der Waals surface area contributed by atoms with Gasteiger partial charge in [-0.2, -0.15) is 0 Å². The molecule has 0 aliphatic heterocycles. The van der Waals surface area contributed by atoms with E-state index in [0.29, 0.717) is 12.3 Å². The second kappa shape index (κ2) is 6.03. The maximum absolute atomic E-state index is 9.63. The number of hydrogen-bond donors (Lipinski definition) is 3. The van der Waals surface area contributed by atoms with Gasteiger partial charge in [0.2, 0.25) is 0 Å². The molecule has 3 N–H and O–H groups in total. The lowest BCUT2D eigenvalue weighted by molar-refractivity contribution is 0.197. The van der Waals surface area contributed by atoms with Crippen LogP contribution in [0.4, 0.5) is 0 Å². The fourth-order valence-corrected chi connectivity index (χ4v) is 1.86. The van der Waals surface area contributed by atoms with E-state index in [-0.39, 0.29) is 18.1 Å². The van der Waals surface area contributed by atoms with Crippen molar-refractivity contribution < 1.29 is 10.2 Å². The minimum atomic E-state index is 0.0645. The standard InChI is InChI=1S/C14H23NO2/c1-14(2,3)8-12(10-16)15-9-11-6-4-5-7-13(11)17/h4-7,12,15-17H,8-10H2,1-3H3. The van der Waals surface area contributed by atoms with E-state index in [0.717, 1.165) is 12.0 Å². The molecule has 0 spiro atoms. The zero-order chi connectivity index (χ0) is 12.9. The molecule has 0 heterocycles. The van der Waals surface area contributed by atoms with Crippen molar-refractivity contribution in [3.05, 3.63) is 29.8 Å². The molecular formula is C14H23NO2. The third kappa shape index (κ3) is 5.20. The van der Waals surface area contributed by atoms with Gasteiger partial charge in [-0.05, 0) is 17.9 Å². The first-order chi connectivity index (χ1) is 7.92. The van der Waals surface area contributed by atoms with Crippen LogP contribution in [-0.4, -0.2) is 22.9 Å². The number of phenols is 1. The number of para-hydroxylation sites is 1. The molecule has 3 heteroatoms. The Hall–Kier alpha value is -1.06. The molecule has 0 saturated heterocycles. The Morgan fingerprint density at radius 1 is 1.24 bits per heavy atom. The van der Waals surface area contributed by atoms with Gasteiger partial charge in [0, 0.05) is 18.2 Å². The van der Waals surface area contributed by atoms with E-state index < -0.39 is 0 Å². The number of rotatable bonds is 5. The highest BCUT2D eigenvalue weighted by molar-refractivity contribution is 5.31. The van der Waals surface area contributed by atoms with Crippen molar-refractivity contribution in [3.63, 3.8) is 0 Å². The minimum absolute atomic E-state index is 0.0645. The monoisotopic (exact) mass is 237 g/mol. The van der Waals surface area contributed by atoms with Crippen molar-refractivity contribution in [2.45, 2.75) is 39.8 Å². The minimum Gasteiger partial charge on any atom is -0.508 e. The Morgan fingerprint density at radius 2 is 1.88 bits per heavy atom. The molecule has 1 aromatic carbocycles. The first-order valence-electron chi connectivity index (χ1n) is 6.03. The van der Waals surface area contributed by atoms with Gasteiger partial charge in [-0.3, -0.25) is 0 Å². The molecule has 17 heavy (non-hydrogen) atoms. The van der Waals surface area contributed by atoms with Crippen molar-refractivity contribution >= 4 is 0 Å². The largest absolute Gasteiger partial charge is 0.508 e. The van der Waals surface area contributed by atoms with Crippen molar-refractivity contribution in [3.8, 4) is 5.75 Å². The first-order valence-corrected chi connectivity index (χ1v) is 6.03. The number of benzene rings is 1. The summed E-state index contributed by atoms with van der Waals surface area (Å²) in [5, 5.41) is 22.2. The molecule has 0 aliphatic carbocycles. The summed E-state index contributed by atoms with van der Waals surface area (Å²) in [4.78, 5) is 0. The zero-order valence-corrected chi connectivity index (χ0v) is 10.9. The van der Waals surface area contributed by atoms with Crippen LogP contribution in [0.3, 0.4) is 0 Å². The van der Waals surface area contributed by atoms with E-state index in [4.69, 9.17) is 0 Å². The van der Waals surface area contributed by atoms with Gasteiger partial charge >= 0.3 is 0 Å². The van der Waals surface area contributed by atoms with Crippen LogP contribution in [0.1, 0.15) is 32.8 Å². The first kappa shape index (κ1) is 14.0.